The topological polar surface area (TPSA) is 41.6 Å². The van der Waals surface area contributed by atoms with Crippen molar-refractivity contribution in [3.8, 4) is 0 Å². The number of ether oxygens (including phenoxy) is 1. The van der Waals surface area contributed by atoms with E-state index in [1.54, 1.807) is 0 Å². The summed E-state index contributed by atoms with van der Waals surface area (Å²) in [5.41, 5.74) is 0. The van der Waals surface area contributed by atoms with Crippen molar-refractivity contribution < 1.29 is 9.53 Å². The molecule has 1 heterocycles. The second-order valence-electron chi connectivity index (χ2n) is 4.81. The third kappa shape index (κ3) is 2.74. The average Bonchev–Trinajstić information content (AvgIpc) is 2.83. The van der Waals surface area contributed by atoms with Crippen LogP contribution in [0.1, 0.15) is 32.1 Å². The Bertz CT molecular complexity index is 239. The first-order chi connectivity index (χ1) is 7.81. The largest absolute Gasteiger partial charge is 0.469 e. The number of methoxy groups -OCH3 is 1. The van der Waals surface area contributed by atoms with E-state index in [0.29, 0.717) is 18.5 Å². The van der Waals surface area contributed by atoms with E-state index < -0.39 is 0 Å². The molecule has 1 aliphatic heterocycles. The molecule has 0 radical (unpaired) electrons. The molecule has 4 nitrogen and oxygen atoms in total. The zero-order chi connectivity index (χ0) is 11.4. The predicted molar refractivity (Wildman–Crippen MR) is 62.3 cm³/mol. The number of hydrogen-bond acceptors (Lipinski definition) is 4. The normalized spacial score (nSPS) is 28.2. The second kappa shape index (κ2) is 5.64. The van der Waals surface area contributed by atoms with Gasteiger partial charge in [0.25, 0.3) is 0 Å². The zero-order valence-electron chi connectivity index (χ0n) is 10.1. The van der Waals surface area contributed by atoms with E-state index in [1.807, 2.05) is 0 Å². The van der Waals surface area contributed by atoms with Gasteiger partial charge in [-0.15, -0.1) is 0 Å². The van der Waals surface area contributed by atoms with Crippen molar-refractivity contribution in [2.45, 2.75) is 44.2 Å². The van der Waals surface area contributed by atoms with Crippen molar-refractivity contribution in [1.29, 1.82) is 0 Å². The van der Waals surface area contributed by atoms with Crippen LogP contribution in [0.3, 0.4) is 0 Å². The Morgan fingerprint density at radius 1 is 1.44 bits per heavy atom. The molecular formula is C12H22N2O2. The van der Waals surface area contributed by atoms with E-state index in [-0.39, 0.29) is 5.97 Å². The first kappa shape index (κ1) is 11.9. The van der Waals surface area contributed by atoms with Crippen LogP contribution < -0.4 is 5.32 Å². The Balaban J connectivity index is 1.93. The lowest BCUT2D eigenvalue weighted by atomic mass is 10.1. The highest BCUT2D eigenvalue weighted by Gasteiger charge is 2.31. The Morgan fingerprint density at radius 3 is 2.88 bits per heavy atom. The molecule has 0 aromatic rings. The van der Waals surface area contributed by atoms with Crippen LogP contribution in [0, 0.1) is 0 Å². The molecule has 16 heavy (non-hydrogen) atoms. The molecule has 1 saturated heterocycles. The van der Waals surface area contributed by atoms with Crippen LogP contribution in [0.15, 0.2) is 0 Å². The fourth-order valence-corrected chi connectivity index (χ4v) is 2.96. The maximum absolute atomic E-state index is 11.4. The summed E-state index contributed by atoms with van der Waals surface area (Å²) in [5.74, 6) is -0.0864. The lowest BCUT2D eigenvalue weighted by molar-refractivity contribution is -0.142. The van der Waals surface area contributed by atoms with Gasteiger partial charge in [0.1, 0.15) is 0 Å². The van der Waals surface area contributed by atoms with E-state index in [1.165, 1.54) is 32.8 Å². The van der Waals surface area contributed by atoms with Crippen molar-refractivity contribution in [2.75, 3.05) is 26.7 Å². The summed E-state index contributed by atoms with van der Waals surface area (Å²) < 4.78 is 4.77. The highest BCUT2D eigenvalue weighted by atomic mass is 16.5. The van der Waals surface area contributed by atoms with Gasteiger partial charge < -0.3 is 10.1 Å². The van der Waals surface area contributed by atoms with Crippen LogP contribution >= 0.6 is 0 Å². The van der Waals surface area contributed by atoms with E-state index in [4.69, 9.17) is 4.74 Å². The van der Waals surface area contributed by atoms with E-state index in [2.05, 4.69) is 10.2 Å². The Morgan fingerprint density at radius 2 is 2.19 bits per heavy atom. The summed E-state index contributed by atoms with van der Waals surface area (Å²) in [4.78, 5) is 13.9. The molecule has 0 bridgehead atoms. The third-order valence-corrected chi connectivity index (χ3v) is 3.82. The molecule has 1 atom stereocenters. The van der Waals surface area contributed by atoms with E-state index >= 15 is 0 Å². The van der Waals surface area contributed by atoms with Crippen molar-refractivity contribution >= 4 is 5.97 Å². The van der Waals surface area contributed by atoms with Crippen molar-refractivity contribution in [3.05, 3.63) is 0 Å². The Hall–Kier alpha value is -0.610. The maximum Gasteiger partial charge on any atom is 0.307 e. The summed E-state index contributed by atoms with van der Waals surface area (Å²) in [5, 5.41) is 3.37. The number of nitrogens with zero attached hydrogens (tertiary/aromatic N) is 1. The molecule has 1 unspecified atom stereocenters. The first-order valence-electron chi connectivity index (χ1n) is 6.34. The molecule has 0 aromatic heterocycles. The standard InChI is InChI=1S/C12H22N2O2/c1-16-12(15)8-11-9-13-6-7-14(11)10-4-2-3-5-10/h10-11,13H,2-9H2,1H3. The van der Waals surface area contributed by atoms with Gasteiger partial charge in [-0.1, -0.05) is 12.8 Å². The van der Waals surface area contributed by atoms with Gasteiger partial charge in [0.15, 0.2) is 0 Å². The van der Waals surface area contributed by atoms with Gasteiger partial charge in [0.2, 0.25) is 0 Å². The summed E-state index contributed by atoms with van der Waals surface area (Å²) in [6.45, 7) is 3.05. The highest BCUT2D eigenvalue weighted by Crippen LogP contribution is 2.26. The average molecular weight is 226 g/mol. The molecule has 2 aliphatic rings. The lowest BCUT2D eigenvalue weighted by Gasteiger charge is -2.39. The third-order valence-electron chi connectivity index (χ3n) is 3.82. The molecule has 4 heteroatoms. The van der Waals surface area contributed by atoms with Gasteiger partial charge in [-0.3, -0.25) is 9.69 Å². The van der Waals surface area contributed by atoms with Gasteiger partial charge in [0.05, 0.1) is 13.5 Å². The summed E-state index contributed by atoms with van der Waals surface area (Å²) in [6, 6.07) is 1.04. The summed E-state index contributed by atoms with van der Waals surface area (Å²) in [7, 11) is 1.47. The summed E-state index contributed by atoms with van der Waals surface area (Å²) in [6.07, 6.45) is 5.83. The number of esters is 1. The minimum atomic E-state index is -0.0864. The molecule has 1 N–H and O–H groups in total. The van der Waals surface area contributed by atoms with Gasteiger partial charge in [0, 0.05) is 31.7 Å². The highest BCUT2D eigenvalue weighted by molar-refractivity contribution is 5.70. The van der Waals surface area contributed by atoms with Gasteiger partial charge in [-0.2, -0.15) is 0 Å². The molecule has 1 aliphatic carbocycles. The minimum Gasteiger partial charge on any atom is -0.469 e. The zero-order valence-corrected chi connectivity index (χ0v) is 10.1. The quantitative estimate of drug-likeness (QED) is 0.722. The van der Waals surface area contributed by atoms with Crippen LogP contribution in [0.25, 0.3) is 0 Å². The molecule has 0 amide bonds. The van der Waals surface area contributed by atoms with Crippen LogP contribution in [-0.4, -0.2) is 49.7 Å². The number of rotatable bonds is 3. The van der Waals surface area contributed by atoms with Crippen LogP contribution in [0.2, 0.25) is 0 Å². The van der Waals surface area contributed by atoms with Crippen molar-refractivity contribution in [2.24, 2.45) is 0 Å². The molecule has 0 spiro atoms. The van der Waals surface area contributed by atoms with Crippen LogP contribution in [0.4, 0.5) is 0 Å². The van der Waals surface area contributed by atoms with Gasteiger partial charge in [-0.25, -0.2) is 0 Å². The molecule has 1 saturated carbocycles. The smallest absolute Gasteiger partial charge is 0.307 e. The van der Waals surface area contributed by atoms with Crippen LogP contribution in [0.5, 0.6) is 0 Å². The van der Waals surface area contributed by atoms with E-state index in [0.717, 1.165) is 19.6 Å². The molecular weight excluding hydrogens is 204 g/mol. The van der Waals surface area contributed by atoms with Crippen molar-refractivity contribution in [3.63, 3.8) is 0 Å². The number of piperazine rings is 1. The molecule has 92 valence electrons. The number of carbonyl (C=O) groups excluding carboxylic acids is 1. The monoisotopic (exact) mass is 226 g/mol. The lowest BCUT2D eigenvalue weighted by Crippen LogP contribution is -2.55. The van der Waals surface area contributed by atoms with Gasteiger partial charge >= 0.3 is 5.97 Å². The predicted octanol–water partition coefficient (Wildman–Crippen LogP) is 0.766. The Kier molecular flexibility index (Phi) is 4.18. The van der Waals surface area contributed by atoms with Gasteiger partial charge in [-0.05, 0) is 12.8 Å². The van der Waals surface area contributed by atoms with E-state index in [9.17, 15) is 4.79 Å². The molecule has 0 aromatic carbocycles. The SMILES string of the molecule is COC(=O)CC1CNCCN1C1CCCC1. The van der Waals surface area contributed by atoms with Crippen LogP contribution in [-0.2, 0) is 9.53 Å². The molecule has 2 fully saturated rings. The second-order valence-corrected chi connectivity index (χ2v) is 4.81. The Labute approximate surface area is 97.3 Å². The fourth-order valence-electron chi connectivity index (χ4n) is 2.96. The number of nitrogens with one attached hydrogen (secondary N) is 1. The maximum atomic E-state index is 11.4. The number of hydrogen-bond donors (Lipinski definition) is 1. The summed E-state index contributed by atoms with van der Waals surface area (Å²) >= 11 is 0. The molecule has 2 rings (SSSR count). The first-order valence-corrected chi connectivity index (χ1v) is 6.34. The minimum absolute atomic E-state index is 0.0864. The van der Waals surface area contributed by atoms with Crippen molar-refractivity contribution in [1.82, 2.24) is 10.2 Å². The number of carbonyl (C=O) groups is 1. The fraction of sp³-hybridized carbons (Fsp3) is 0.917.